The van der Waals surface area contributed by atoms with Gasteiger partial charge in [0.25, 0.3) is 0 Å². The summed E-state index contributed by atoms with van der Waals surface area (Å²) in [6.45, 7) is 6.10. The van der Waals surface area contributed by atoms with Crippen molar-refractivity contribution in [1.29, 1.82) is 0 Å². The van der Waals surface area contributed by atoms with E-state index in [1.54, 1.807) is 0 Å². The molecule has 0 aliphatic heterocycles. The molecule has 0 fully saturated rings. The van der Waals surface area contributed by atoms with Crippen LogP contribution in [0.2, 0.25) is 0 Å². The van der Waals surface area contributed by atoms with Crippen LogP contribution in [0.15, 0.2) is 43.0 Å². The molecule has 0 N–H and O–H groups in total. The second-order valence-corrected chi connectivity index (χ2v) is 5.30. The van der Waals surface area contributed by atoms with Crippen molar-refractivity contribution in [3.8, 4) is 0 Å². The fourth-order valence-electron chi connectivity index (χ4n) is 2.39. The molecule has 0 bridgehead atoms. The maximum Gasteiger partial charge on any atom is -0.0190 e. The van der Waals surface area contributed by atoms with Crippen LogP contribution in [0.3, 0.4) is 0 Å². The van der Waals surface area contributed by atoms with E-state index < -0.39 is 0 Å². The molecule has 0 aliphatic rings. The summed E-state index contributed by atoms with van der Waals surface area (Å²) in [6, 6.07) is 10.9. The molecule has 1 aromatic rings. The molecule has 1 atom stereocenters. The van der Waals surface area contributed by atoms with E-state index in [2.05, 4.69) is 43.8 Å². The van der Waals surface area contributed by atoms with Gasteiger partial charge in [0.1, 0.15) is 0 Å². The van der Waals surface area contributed by atoms with Crippen LogP contribution < -0.4 is 0 Å². The molecule has 0 heteroatoms. The van der Waals surface area contributed by atoms with Crippen molar-refractivity contribution >= 4 is 0 Å². The molecule has 0 spiro atoms. The first-order valence-electron chi connectivity index (χ1n) is 7.50. The predicted molar refractivity (Wildman–Crippen MR) is 82.0 cm³/mol. The molecular formula is C18H28. The molecule has 0 saturated heterocycles. The molecule has 0 aliphatic carbocycles. The van der Waals surface area contributed by atoms with Crippen molar-refractivity contribution < 1.29 is 0 Å². The zero-order valence-electron chi connectivity index (χ0n) is 11.9. The molecule has 1 aromatic carbocycles. The van der Waals surface area contributed by atoms with Crippen molar-refractivity contribution in [1.82, 2.24) is 0 Å². The Morgan fingerprint density at radius 1 is 0.944 bits per heavy atom. The third-order valence-corrected chi connectivity index (χ3v) is 3.66. The molecule has 1 rings (SSSR count). The highest BCUT2D eigenvalue weighted by atomic mass is 14.1. The third-order valence-electron chi connectivity index (χ3n) is 3.66. The second kappa shape index (κ2) is 9.94. The lowest BCUT2D eigenvalue weighted by atomic mass is 9.95. The third kappa shape index (κ3) is 6.64. The van der Waals surface area contributed by atoms with E-state index in [1.807, 2.05) is 6.08 Å². The zero-order valence-corrected chi connectivity index (χ0v) is 11.9. The first-order chi connectivity index (χ1) is 8.84. The largest absolute Gasteiger partial charge is 0.103 e. The molecule has 0 radical (unpaired) electrons. The normalized spacial score (nSPS) is 12.3. The Labute approximate surface area is 113 Å². The molecule has 0 amide bonds. The van der Waals surface area contributed by atoms with Gasteiger partial charge < -0.3 is 0 Å². The number of allylic oxidation sites excluding steroid dienone is 1. The molecule has 0 aromatic heterocycles. The summed E-state index contributed by atoms with van der Waals surface area (Å²) in [4.78, 5) is 0. The van der Waals surface area contributed by atoms with E-state index >= 15 is 0 Å². The minimum Gasteiger partial charge on any atom is -0.103 e. The van der Waals surface area contributed by atoms with Crippen LogP contribution in [-0.4, -0.2) is 0 Å². The van der Waals surface area contributed by atoms with Crippen LogP contribution in [0.1, 0.15) is 69.8 Å². The molecule has 0 nitrogen and oxygen atoms in total. The Balaban J connectivity index is 1.99. The monoisotopic (exact) mass is 244 g/mol. The number of hydrogen-bond donors (Lipinski definition) is 0. The molecule has 18 heavy (non-hydrogen) atoms. The molecular weight excluding hydrogens is 216 g/mol. The molecule has 100 valence electrons. The second-order valence-electron chi connectivity index (χ2n) is 5.30. The van der Waals surface area contributed by atoms with Gasteiger partial charge >= 0.3 is 0 Å². The Morgan fingerprint density at radius 2 is 1.56 bits per heavy atom. The van der Waals surface area contributed by atoms with Gasteiger partial charge in [0.05, 0.1) is 0 Å². The van der Waals surface area contributed by atoms with Gasteiger partial charge in [-0.3, -0.25) is 0 Å². The summed E-state index contributed by atoms with van der Waals surface area (Å²) < 4.78 is 0. The number of rotatable bonds is 10. The van der Waals surface area contributed by atoms with E-state index in [9.17, 15) is 0 Å². The molecule has 0 saturated carbocycles. The van der Waals surface area contributed by atoms with Crippen LogP contribution in [0, 0.1) is 0 Å². The fourth-order valence-corrected chi connectivity index (χ4v) is 2.39. The van der Waals surface area contributed by atoms with Gasteiger partial charge in [-0.2, -0.15) is 0 Å². The highest BCUT2D eigenvalue weighted by Crippen LogP contribution is 2.21. The Morgan fingerprint density at radius 3 is 2.22 bits per heavy atom. The Kier molecular flexibility index (Phi) is 8.29. The van der Waals surface area contributed by atoms with Gasteiger partial charge in [0.2, 0.25) is 0 Å². The van der Waals surface area contributed by atoms with Crippen molar-refractivity contribution in [2.45, 2.75) is 64.2 Å². The summed E-state index contributed by atoms with van der Waals surface area (Å²) in [5.74, 6) is 0.715. The average molecular weight is 244 g/mol. The van der Waals surface area contributed by atoms with Crippen molar-refractivity contribution in [3.05, 3.63) is 48.6 Å². The van der Waals surface area contributed by atoms with Gasteiger partial charge in [-0.1, -0.05) is 75.4 Å². The van der Waals surface area contributed by atoms with Crippen LogP contribution in [0.25, 0.3) is 0 Å². The van der Waals surface area contributed by atoms with Gasteiger partial charge in [0, 0.05) is 0 Å². The zero-order chi connectivity index (χ0) is 13.1. The summed E-state index contributed by atoms with van der Waals surface area (Å²) >= 11 is 0. The first kappa shape index (κ1) is 15.0. The standard InChI is InChI=1S/C18H28/c1-3-4-5-6-7-8-9-11-14-17(2)18-15-12-10-13-16-18/h3,10,12-13,15-17H,1,4-9,11,14H2,2H3. The number of benzene rings is 1. The van der Waals surface area contributed by atoms with Crippen molar-refractivity contribution in [2.75, 3.05) is 0 Å². The lowest BCUT2D eigenvalue weighted by Gasteiger charge is -2.11. The Bertz CT molecular complexity index is 299. The van der Waals surface area contributed by atoms with Crippen LogP contribution in [0.5, 0.6) is 0 Å². The molecule has 1 unspecified atom stereocenters. The lowest BCUT2D eigenvalue weighted by molar-refractivity contribution is 0.553. The maximum atomic E-state index is 3.76. The smallest absolute Gasteiger partial charge is 0.0190 e. The SMILES string of the molecule is C=CCCCCCCCCC(C)c1ccccc1. The van der Waals surface area contributed by atoms with E-state index in [0.29, 0.717) is 5.92 Å². The maximum absolute atomic E-state index is 3.76. The van der Waals surface area contributed by atoms with E-state index in [-0.39, 0.29) is 0 Å². The van der Waals surface area contributed by atoms with Crippen molar-refractivity contribution in [3.63, 3.8) is 0 Å². The lowest BCUT2D eigenvalue weighted by Crippen LogP contribution is -1.93. The van der Waals surface area contributed by atoms with E-state index in [0.717, 1.165) is 0 Å². The fraction of sp³-hybridized carbons (Fsp3) is 0.556. The minimum atomic E-state index is 0.715. The highest BCUT2D eigenvalue weighted by Gasteiger charge is 2.03. The topological polar surface area (TPSA) is 0 Å². The Hall–Kier alpha value is -1.04. The van der Waals surface area contributed by atoms with Crippen LogP contribution >= 0.6 is 0 Å². The van der Waals surface area contributed by atoms with Crippen LogP contribution in [-0.2, 0) is 0 Å². The summed E-state index contributed by atoms with van der Waals surface area (Å²) in [7, 11) is 0. The summed E-state index contributed by atoms with van der Waals surface area (Å²) in [5, 5.41) is 0. The summed E-state index contributed by atoms with van der Waals surface area (Å²) in [6.07, 6.45) is 12.8. The van der Waals surface area contributed by atoms with Gasteiger partial charge in [-0.25, -0.2) is 0 Å². The number of unbranched alkanes of at least 4 members (excludes halogenated alkanes) is 6. The van der Waals surface area contributed by atoms with Crippen LogP contribution in [0.4, 0.5) is 0 Å². The predicted octanol–water partition coefficient (Wildman–Crippen LogP) is 6.10. The highest BCUT2D eigenvalue weighted by molar-refractivity contribution is 5.18. The van der Waals surface area contributed by atoms with Gasteiger partial charge in [-0.15, -0.1) is 6.58 Å². The van der Waals surface area contributed by atoms with Gasteiger partial charge in [-0.05, 0) is 30.7 Å². The summed E-state index contributed by atoms with van der Waals surface area (Å²) in [5.41, 5.74) is 1.49. The molecule has 0 heterocycles. The number of hydrogen-bond acceptors (Lipinski definition) is 0. The average Bonchev–Trinajstić information content (AvgIpc) is 2.42. The van der Waals surface area contributed by atoms with Gasteiger partial charge in [0.15, 0.2) is 0 Å². The van der Waals surface area contributed by atoms with E-state index in [1.165, 1.54) is 56.9 Å². The van der Waals surface area contributed by atoms with Crippen molar-refractivity contribution in [2.24, 2.45) is 0 Å². The quantitative estimate of drug-likeness (QED) is 0.345. The van der Waals surface area contributed by atoms with E-state index in [4.69, 9.17) is 0 Å². The first-order valence-corrected chi connectivity index (χ1v) is 7.50. The minimum absolute atomic E-state index is 0.715.